The summed E-state index contributed by atoms with van der Waals surface area (Å²) in [6, 6.07) is 16.0. The molecule has 2 aromatic rings. The fourth-order valence-corrected chi connectivity index (χ4v) is 2.84. The van der Waals surface area contributed by atoms with Gasteiger partial charge in [0, 0.05) is 13.1 Å². The van der Waals surface area contributed by atoms with Crippen molar-refractivity contribution in [3.05, 3.63) is 71.3 Å². The van der Waals surface area contributed by atoms with Crippen LogP contribution in [0.5, 0.6) is 0 Å². The zero-order valence-corrected chi connectivity index (χ0v) is 13.7. The Hall–Kier alpha value is -2.86. The number of carbonyl (C=O) groups excluding carboxylic acids is 1. The number of carbonyl (C=O) groups is 2. The molecular weight excluding hydrogens is 320 g/mol. The van der Waals surface area contributed by atoms with Crippen LogP contribution < -0.4 is 5.32 Å². The van der Waals surface area contributed by atoms with Gasteiger partial charge in [-0.1, -0.05) is 42.5 Å². The first-order valence-corrected chi connectivity index (χ1v) is 8.14. The van der Waals surface area contributed by atoms with Gasteiger partial charge in [-0.25, -0.2) is 9.59 Å². The molecule has 3 rings (SSSR count). The van der Waals surface area contributed by atoms with Crippen LogP contribution in [0.15, 0.2) is 54.6 Å². The first-order chi connectivity index (χ1) is 12.1. The summed E-state index contributed by atoms with van der Waals surface area (Å²) in [5, 5.41) is 11.8. The maximum atomic E-state index is 12.6. The number of morpholine rings is 1. The lowest BCUT2D eigenvalue weighted by Crippen LogP contribution is -2.47. The Bertz CT molecular complexity index is 731. The van der Waals surface area contributed by atoms with Crippen LogP contribution >= 0.6 is 0 Å². The smallest absolute Gasteiger partial charge is 0.335 e. The minimum absolute atomic E-state index is 0.107. The van der Waals surface area contributed by atoms with Gasteiger partial charge in [-0.05, 0) is 23.3 Å². The van der Waals surface area contributed by atoms with Gasteiger partial charge in [0.15, 0.2) is 0 Å². The molecule has 0 radical (unpaired) electrons. The van der Waals surface area contributed by atoms with Gasteiger partial charge >= 0.3 is 12.0 Å². The van der Waals surface area contributed by atoms with Crippen molar-refractivity contribution in [1.82, 2.24) is 10.2 Å². The van der Waals surface area contributed by atoms with Gasteiger partial charge in [0.2, 0.25) is 0 Å². The fraction of sp³-hybridized carbons (Fsp3) is 0.263. The van der Waals surface area contributed by atoms with Gasteiger partial charge in [0.1, 0.15) is 0 Å². The monoisotopic (exact) mass is 340 g/mol. The number of carboxylic acid groups (broad SMARTS) is 1. The molecule has 2 N–H and O–H groups in total. The first kappa shape index (κ1) is 17.0. The number of carboxylic acids is 1. The van der Waals surface area contributed by atoms with E-state index in [1.165, 1.54) is 12.1 Å². The third-order valence-corrected chi connectivity index (χ3v) is 4.22. The number of hydrogen-bond donors (Lipinski definition) is 2. The molecule has 130 valence electrons. The quantitative estimate of drug-likeness (QED) is 0.897. The zero-order valence-electron chi connectivity index (χ0n) is 13.7. The van der Waals surface area contributed by atoms with Gasteiger partial charge in [-0.3, -0.25) is 0 Å². The number of rotatable bonds is 4. The lowest BCUT2D eigenvalue weighted by atomic mass is 10.1. The lowest BCUT2D eigenvalue weighted by molar-refractivity contribution is 0.0116. The number of ether oxygens (including phenoxy) is 1. The first-order valence-electron chi connectivity index (χ1n) is 8.14. The summed E-state index contributed by atoms with van der Waals surface area (Å²) in [6.45, 7) is 1.87. The summed E-state index contributed by atoms with van der Waals surface area (Å²) >= 11 is 0. The molecule has 6 heteroatoms. The van der Waals surface area contributed by atoms with Crippen LogP contribution in [-0.4, -0.2) is 41.8 Å². The molecule has 2 aromatic carbocycles. The van der Waals surface area contributed by atoms with E-state index >= 15 is 0 Å². The van der Waals surface area contributed by atoms with Crippen LogP contribution in [0.25, 0.3) is 0 Å². The predicted molar refractivity (Wildman–Crippen MR) is 92.3 cm³/mol. The van der Waals surface area contributed by atoms with Crippen LogP contribution in [0.4, 0.5) is 4.79 Å². The second-order valence-corrected chi connectivity index (χ2v) is 5.86. The van der Waals surface area contributed by atoms with Crippen LogP contribution in [0.3, 0.4) is 0 Å². The Morgan fingerprint density at radius 2 is 1.84 bits per heavy atom. The van der Waals surface area contributed by atoms with Gasteiger partial charge in [0.25, 0.3) is 0 Å². The number of urea groups is 1. The molecule has 0 aromatic heterocycles. The number of nitrogens with one attached hydrogen (secondary N) is 1. The third-order valence-electron chi connectivity index (χ3n) is 4.22. The molecule has 0 unspecified atom stereocenters. The summed E-state index contributed by atoms with van der Waals surface area (Å²) in [7, 11) is 0. The highest BCUT2D eigenvalue weighted by Gasteiger charge is 2.28. The third kappa shape index (κ3) is 4.16. The van der Waals surface area contributed by atoms with E-state index in [4.69, 9.17) is 9.84 Å². The number of benzene rings is 2. The zero-order chi connectivity index (χ0) is 17.6. The van der Waals surface area contributed by atoms with E-state index in [0.717, 1.165) is 11.1 Å². The van der Waals surface area contributed by atoms with Crippen molar-refractivity contribution < 1.29 is 19.4 Å². The van der Waals surface area contributed by atoms with Gasteiger partial charge in [-0.2, -0.15) is 0 Å². The fourth-order valence-electron chi connectivity index (χ4n) is 2.84. The number of hydrogen-bond acceptors (Lipinski definition) is 3. The van der Waals surface area contributed by atoms with Gasteiger partial charge in [0.05, 0.1) is 24.8 Å². The van der Waals surface area contributed by atoms with Crippen molar-refractivity contribution in [3.63, 3.8) is 0 Å². The minimum Gasteiger partial charge on any atom is -0.478 e. The molecule has 0 aliphatic carbocycles. The van der Waals surface area contributed by atoms with Gasteiger partial charge < -0.3 is 20.1 Å². The van der Waals surface area contributed by atoms with Crippen molar-refractivity contribution in [3.8, 4) is 0 Å². The summed E-state index contributed by atoms with van der Waals surface area (Å²) in [6.07, 6.45) is 0. The standard InChI is InChI=1S/C19H20N2O4/c22-18(23)16-8-6-14(7-9-16)12-20-19(24)21-10-11-25-13-17(21)15-4-2-1-3-5-15/h1-9,17H,10-13H2,(H,20,24)(H,22,23)/t17-/m1/s1. The van der Waals surface area contributed by atoms with Crippen LogP contribution in [0.2, 0.25) is 0 Å². The lowest BCUT2D eigenvalue weighted by Gasteiger charge is -2.35. The maximum absolute atomic E-state index is 12.6. The Kier molecular flexibility index (Phi) is 5.30. The maximum Gasteiger partial charge on any atom is 0.335 e. The molecule has 1 heterocycles. The molecule has 6 nitrogen and oxygen atoms in total. The van der Waals surface area contributed by atoms with E-state index in [1.54, 1.807) is 17.0 Å². The van der Waals surface area contributed by atoms with Crippen LogP contribution in [-0.2, 0) is 11.3 Å². The average Bonchev–Trinajstić information content (AvgIpc) is 2.67. The average molecular weight is 340 g/mol. The van der Waals surface area contributed by atoms with E-state index in [-0.39, 0.29) is 17.6 Å². The Balaban J connectivity index is 1.63. The van der Waals surface area contributed by atoms with Crippen molar-refractivity contribution in [2.24, 2.45) is 0 Å². The Labute approximate surface area is 146 Å². The van der Waals surface area contributed by atoms with Crippen molar-refractivity contribution >= 4 is 12.0 Å². The van der Waals surface area contributed by atoms with Crippen molar-refractivity contribution in [2.75, 3.05) is 19.8 Å². The number of aromatic carboxylic acids is 1. The highest BCUT2D eigenvalue weighted by atomic mass is 16.5. The predicted octanol–water partition coefficient (Wildman–Crippen LogP) is 2.67. The van der Waals surface area contributed by atoms with E-state index in [0.29, 0.717) is 26.3 Å². The molecule has 1 aliphatic heterocycles. The minimum atomic E-state index is -0.963. The molecule has 1 atom stereocenters. The highest BCUT2D eigenvalue weighted by molar-refractivity contribution is 5.87. The van der Waals surface area contributed by atoms with E-state index in [2.05, 4.69) is 5.32 Å². The summed E-state index contributed by atoms with van der Waals surface area (Å²) in [4.78, 5) is 25.2. The highest BCUT2D eigenvalue weighted by Crippen LogP contribution is 2.24. The molecule has 0 saturated carbocycles. The normalized spacial score (nSPS) is 17.1. The summed E-state index contributed by atoms with van der Waals surface area (Å²) in [5.74, 6) is -0.963. The molecule has 25 heavy (non-hydrogen) atoms. The topological polar surface area (TPSA) is 78.9 Å². The molecule has 1 aliphatic rings. The molecule has 0 bridgehead atoms. The number of amides is 2. The van der Waals surface area contributed by atoms with Gasteiger partial charge in [-0.15, -0.1) is 0 Å². The van der Waals surface area contributed by atoms with Crippen molar-refractivity contribution in [1.29, 1.82) is 0 Å². The Morgan fingerprint density at radius 1 is 1.12 bits per heavy atom. The van der Waals surface area contributed by atoms with E-state index in [1.807, 2.05) is 30.3 Å². The molecule has 2 amide bonds. The SMILES string of the molecule is O=C(O)c1ccc(CNC(=O)N2CCOC[C@@H]2c2ccccc2)cc1. The Morgan fingerprint density at radius 3 is 2.52 bits per heavy atom. The van der Waals surface area contributed by atoms with Crippen molar-refractivity contribution in [2.45, 2.75) is 12.6 Å². The second-order valence-electron chi connectivity index (χ2n) is 5.86. The second kappa shape index (κ2) is 7.81. The number of nitrogens with zero attached hydrogens (tertiary/aromatic N) is 1. The molecule has 0 spiro atoms. The van der Waals surface area contributed by atoms with Crippen LogP contribution in [0, 0.1) is 0 Å². The van der Waals surface area contributed by atoms with Crippen LogP contribution in [0.1, 0.15) is 27.5 Å². The molecular formula is C19H20N2O4. The van der Waals surface area contributed by atoms with E-state index in [9.17, 15) is 9.59 Å². The molecule has 1 saturated heterocycles. The molecule has 1 fully saturated rings. The largest absolute Gasteiger partial charge is 0.478 e. The summed E-state index contributed by atoms with van der Waals surface area (Å²) < 4.78 is 5.54. The van der Waals surface area contributed by atoms with E-state index < -0.39 is 5.97 Å². The summed E-state index contributed by atoms with van der Waals surface area (Å²) in [5.41, 5.74) is 2.12.